The molecule has 1 aromatic heterocycles. The van der Waals surface area contributed by atoms with Crippen LogP contribution in [0.15, 0.2) is 16.7 Å². The summed E-state index contributed by atoms with van der Waals surface area (Å²) in [5.74, 6) is 1.60. The zero-order valence-electron chi connectivity index (χ0n) is 14.3. The van der Waals surface area contributed by atoms with Crippen LogP contribution in [0.1, 0.15) is 27.7 Å². The zero-order valence-corrected chi connectivity index (χ0v) is 15.9. The number of carbonyl (C=O) groups is 1. The fraction of sp³-hybridized carbons (Fsp3) is 0.625. The van der Waals surface area contributed by atoms with E-state index in [9.17, 15) is 4.79 Å². The highest BCUT2D eigenvalue weighted by Crippen LogP contribution is 2.29. The van der Waals surface area contributed by atoms with Crippen LogP contribution in [-0.2, 0) is 4.74 Å². The Morgan fingerprint density at radius 2 is 2.09 bits per heavy atom. The summed E-state index contributed by atoms with van der Waals surface area (Å²) in [5.41, 5.74) is -0.474. The molecule has 1 saturated heterocycles. The molecule has 0 bridgehead atoms. The lowest BCUT2D eigenvalue weighted by molar-refractivity contribution is 0.0218. The van der Waals surface area contributed by atoms with Crippen LogP contribution in [0.5, 0.6) is 5.75 Å². The topological polar surface area (TPSA) is 54.9 Å². The molecule has 128 valence electrons. The first-order valence-corrected chi connectivity index (χ1v) is 8.44. The molecule has 2 rings (SSSR count). The third-order valence-corrected chi connectivity index (χ3v) is 4.19. The minimum atomic E-state index is -0.474. The highest BCUT2D eigenvalue weighted by molar-refractivity contribution is 9.10. The average Bonchev–Trinajstić information content (AvgIpc) is 2.46. The molecule has 1 aliphatic rings. The van der Waals surface area contributed by atoms with Gasteiger partial charge in [-0.25, -0.2) is 9.78 Å². The lowest BCUT2D eigenvalue weighted by Crippen LogP contribution is -2.54. The van der Waals surface area contributed by atoms with Gasteiger partial charge in [0.25, 0.3) is 0 Å². The first-order chi connectivity index (χ1) is 10.7. The van der Waals surface area contributed by atoms with Gasteiger partial charge in [-0.2, -0.15) is 0 Å². The molecule has 0 N–H and O–H groups in total. The Labute approximate surface area is 145 Å². The van der Waals surface area contributed by atoms with Crippen molar-refractivity contribution in [2.24, 2.45) is 0 Å². The van der Waals surface area contributed by atoms with E-state index in [0.29, 0.717) is 19.6 Å². The maximum atomic E-state index is 12.2. The summed E-state index contributed by atoms with van der Waals surface area (Å²) < 4.78 is 11.6. The summed E-state index contributed by atoms with van der Waals surface area (Å²) >= 11 is 3.41. The summed E-state index contributed by atoms with van der Waals surface area (Å²) in [6, 6.07) is 2.05. The number of hydrogen-bond donors (Lipinski definition) is 0. The molecule has 0 spiro atoms. The van der Waals surface area contributed by atoms with Crippen molar-refractivity contribution in [3.05, 3.63) is 16.7 Å². The van der Waals surface area contributed by atoms with Crippen LogP contribution in [-0.4, -0.2) is 54.4 Å². The molecule has 1 atom stereocenters. The normalized spacial score (nSPS) is 18.8. The van der Waals surface area contributed by atoms with Crippen molar-refractivity contribution in [1.29, 1.82) is 0 Å². The van der Waals surface area contributed by atoms with Gasteiger partial charge < -0.3 is 19.3 Å². The van der Waals surface area contributed by atoms with Gasteiger partial charge >= 0.3 is 6.09 Å². The number of methoxy groups -OCH3 is 1. The van der Waals surface area contributed by atoms with Crippen LogP contribution in [0, 0.1) is 0 Å². The number of amides is 1. The Hall–Kier alpha value is -1.50. The Morgan fingerprint density at radius 3 is 2.65 bits per heavy atom. The number of piperazine rings is 1. The monoisotopic (exact) mass is 385 g/mol. The van der Waals surface area contributed by atoms with E-state index >= 15 is 0 Å². The maximum Gasteiger partial charge on any atom is 0.410 e. The van der Waals surface area contributed by atoms with E-state index in [1.54, 1.807) is 18.2 Å². The van der Waals surface area contributed by atoms with Gasteiger partial charge in [-0.05, 0) is 43.6 Å². The van der Waals surface area contributed by atoms with Crippen LogP contribution >= 0.6 is 15.9 Å². The van der Waals surface area contributed by atoms with Gasteiger partial charge in [0.15, 0.2) is 0 Å². The molecule has 0 aliphatic carbocycles. The molecule has 0 aromatic carbocycles. The molecule has 1 aromatic rings. The van der Waals surface area contributed by atoms with Gasteiger partial charge in [0.05, 0.1) is 11.6 Å². The van der Waals surface area contributed by atoms with Crippen molar-refractivity contribution in [3.63, 3.8) is 0 Å². The Balaban J connectivity index is 2.06. The summed E-state index contributed by atoms with van der Waals surface area (Å²) in [7, 11) is 1.63. The van der Waals surface area contributed by atoms with Crippen molar-refractivity contribution in [2.75, 3.05) is 31.6 Å². The molecule has 0 radical (unpaired) electrons. The largest absolute Gasteiger partial charge is 0.495 e. The van der Waals surface area contributed by atoms with Gasteiger partial charge in [0, 0.05) is 37.9 Å². The molecular weight excluding hydrogens is 362 g/mol. The fourth-order valence-corrected chi connectivity index (χ4v) is 2.89. The van der Waals surface area contributed by atoms with E-state index in [4.69, 9.17) is 9.47 Å². The Bertz CT molecular complexity index is 574. The van der Waals surface area contributed by atoms with Gasteiger partial charge in [0.1, 0.15) is 17.2 Å². The van der Waals surface area contributed by atoms with Gasteiger partial charge in [0.2, 0.25) is 0 Å². The minimum Gasteiger partial charge on any atom is -0.495 e. The molecule has 23 heavy (non-hydrogen) atoms. The highest BCUT2D eigenvalue weighted by Gasteiger charge is 2.30. The van der Waals surface area contributed by atoms with Crippen molar-refractivity contribution < 1.29 is 14.3 Å². The standard InChI is InChI=1S/C16H24BrN3O3/c1-11-10-19(15(21)23-16(2,3)4)6-7-20(11)14-8-13(22-5)12(17)9-18-14/h8-9,11H,6-7,10H2,1-5H3/t11-/m0/s1. The summed E-state index contributed by atoms with van der Waals surface area (Å²) in [5, 5.41) is 0. The van der Waals surface area contributed by atoms with Crippen molar-refractivity contribution in [1.82, 2.24) is 9.88 Å². The molecule has 1 fully saturated rings. The molecular formula is C16H24BrN3O3. The molecule has 7 heteroatoms. The quantitative estimate of drug-likeness (QED) is 0.781. The van der Waals surface area contributed by atoms with Crippen molar-refractivity contribution >= 4 is 27.8 Å². The molecule has 1 aliphatic heterocycles. The predicted molar refractivity (Wildman–Crippen MR) is 93.1 cm³/mol. The number of pyridine rings is 1. The van der Waals surface area contributed by atoms with Gasteiger partial charge in [-0.1, -0.05) is 0 Å². The third kappa shape index (κ3) is 4.50. The summed E-state index contributed by atoms with van der Waals surface area (Å²) in [6.45, 7) is 9.63. The van der Waals surface area contributed by atoms with E-state index in [1.807, 2.05) is 26.8 Å². The van der Waals surface area contributed by atoms with Crippen LogP contribution in [0.3, 0.4) is 0 Å². The van der Waals surface area contributed by atoms with E-state index < -0.39 is 5.60 Å². The lowest BCUT2D eigenvalue weighted by atomic mass is 10.2. The highest BCUT2D eigenvalue weighted by atomic mass is 79.9. The molecule has 0 saturated carbocycles. The number of rotatable bonds is 2. The number of carbonyl (C=O) groups excluding carboxylic acids is 1. The van der Waals surface area contributed by atoms with Crippen LogP contribution in [0.2, 0.25) is 0 Å². The van der Waals surface area contributed by atoms with E-state index in [-0.39, 0.29) is 12.1 Å². The summed E-state index contributed by atoms with van der Waals surface area (Å²) in [6.07, 6.45) is 1.48. The zero-order chi connectivity index (χ0) is 17.2. The molecule has 1 amide bonds. The lowest BCUT2D eigenvalue weighted by Gasteiger charge is -2.40. The Kier molecular flexibility index (Phi) is 5.39. The van der Waals surface area contributed by atoms with E-state index in [0.717, 1.165) is 16.0 Å². The van der Waals surface area contributed by atoms with E-state index in [1.165, 1.54) is 0 Å². The van der Waals surface area contributed by atoms with Gasteiger partial charge in [-0.3, -0.25) is 0 Å². The van der Waals surface area contributed by atoms with E-state index in [2.05, 4.69) is 32.7 Å². The third-order valence-electron chi connectivity index (χ3n) is 3.60. The fourth-order valence-electron chi connectivity index (χ4n) is 2.51. The molecule has 2 heterocycles. The van der Waals surface area contributed by atoms with Crippen LogP contribution in [0.25, 0.3) is 0 Å². The van der Waals surface area contributed by atoms with Crippen molar-refractivity contribution in [3.8, 4) is 5.75 Å². The number of hydrogen-bond acceptors (Lipinski definition) is 5. The minimum absolute atomic E-state index is 0.148. The molecule has 0 unspecified atom stereocenters. The predicted octanol–water partition coefficient (Wildman–Crippen LogP) is 3.30. The summed E-state index contributed by atoms with van der Waals surface area (Å²) in [4.78, 5) is 20.6. The number of halogens is 1. The average molecular weight is 386 g/mol. The smallest absolute Gasteiger partial charge is 0.410 e. The van der Waals surface area contributed by atoms with Crippen LogP contribution in [0.4, 0.5) is 10.6 Å². The second kappa shape index (κ2) is 6.95. The molecule has 6 nitrogen and oxygen atoms in total. The number of nitrogens with zero attached hydrogens (tertiary/aromatic N) is 3. The number of aromatic nitrogens is 1. The van der Waals surface area contributed by atoms with Crippen molar-refractivity contribution in [2.45, 2.75) is 39.3 Å². The van der Waals surface area contributed by atoms with Crippen LogP contribution < -0.4 is 9.64 Å². The number of anilines is 1. The van der Waals surface area contributed by atoms with Gasteiger partial charge in [-0.15, -0.1) is 0 Å². The first-order valence-electron chi connectivity index (χ1n) is 7.65. The SMILES string of the molecule is COc1cc(N2CCN(C(=O)OC(C)(C)C)C[C@@H]2C)ncc1Br. The number of ether oxygens (including phenoxy) is 2. The second-order valence-corrected chi connectivity index (χ2v) is 7.50. The second-order valence-electron chi connectivity index (χ2n) is 6.65. The Morgan fingerprint density at radius 1 is 1.39 bits per heavy atom. The first kappa shape index (κ1) is 17.8. The maximum absolute atomic E-state index is 12.2.